The van der Waals surface area contributed by atoms with Crippen LogP contribution in [0.25, 0.3) is 0 Å². The molecular weight excluding hydrogens is 516 g/mol. The fraction of sp³-hybridized carbons (Fsp3) is 0.360. The van der Waals surface area contributed by atoms with Gasteiger partial charge in [-0.05, 0) is 42.2 Å². The number of carbonyl (C=O) groups excluding carboxylic acids is 3. The number of hydrogen-bond donors (Lipinski definition) is 3. The van der Waals surface area contributed by atoms with E-state index in [4.69, 9.17) is 13.7 Å². The van der Waals surface area contributed by atoms with E-state index in [1.807, 2.05) is 27.7 Å². The van der Waals surface area contributed by atoms with Crippen molar-refractivity contribution in [1.29, 1.82) is 0 Å². The molecule has 2 aromatic carbocycles. The molecular formula is C25H32N4O8S. The number of hydrogen-bond acceptors (Lipinski definition) is 9. The minimum Gasteiger partial charge on any atom is -0.449 e. The number of aliphatic imine (C=N–C) groups is 1. The zero-order chi connectivity index (χ0) is 28.3. The Labute approximate surface area is 221 Å². The summed E-state index contributed by atoms with van der Waals surface area (Å²) < 4.78 is 41.1. The van der Waals surface area contributed by atoms with Crippen molar-refractivity contribution in [2.75, 3.05) is 18.5 Å². The van der Waals surface area contributed by atoms with Gasteiger partial charge >= 0.3 is 22.3 Å². The first-order valence-electron chi connectivity index (χ1n) is 11.7. The molecule has 0 aliphatic heterocycles. The van der Waals surface area contributed by atoms with Crippen LogP contribution in [0.15, 0.2) is 58.4 Å². The summed E-state index contributed by atoms with van der Waals surface area (Å²) >= 11 is 0. The number of benzene rings is 2. The van der Waals surface area contributed by atoms with Gasteiger partial charge in [0.05, 0.1) is 24.6 Å². The Hall–Kier alpha value is -4.13. The number of nitrogens with zero attached hydrogens (tertiary/aromatic N) is 1. The summed E-state index contributed by atoms with van der Waals surface area (Å²) in [4.78, 5) is 40.2. The van der Waals surface area contributed by atoms with Crippen LogP contribution in [0.5, 0.6) is 5.75 Å². The second kappa shape index (κ2) is 14.0. The van der Waals surface area contributed by atoms with Crippen LogP contribution in [0, 0.1) is 11.8 Å². The monoisotopic (exact) mass is 548 g/mol. The number of guanidine groups is 1. The molecule has 2 rings (SSSR count). The van der Waals surface area contributed by atoms with E-state index in [2.05, 4.69) is 20.9 Å². The van der Waals surface area contributed by atoms with Crippen molar-refractivity contribution in [3.63, 3.8) is 0 Å². The summed E-state index contributed by atoms with van der Waals surface area (Å²) in [6.07, 6.45) is -1.84. The molecule has 0 atom stereocenters. The van der Waals surface area contributed by atoms with Crippen LogP contribution in [-0.4, -0.2) is 45.7 Å². The highest BCUT2D eigenvalue weighted by atomic mass is 32.2. The van der Waals surface area contributed by atoms with Crippen molar-refractivity contribution in [3.05, 3.63) is 48.5 Å². The highest BCUT2D eigenvalue weighted by Crippen LogP contribution is 2.30. The number of carbonyl (C=O) groups is 3. The molecule has 0 aromatic heterocycles. The minimum atomic E-state index is -4.31. The lowest BCUT2D eigenvalue weighted by Crippen LogP contribution is -2.44. The topological polar surface area (TPSA) is 161 Å². The minimum absolute atomic E-state index is 0.0444. The average molecular weight is 549 g/mol. The molecule has 38 heavy (non-hydrogen) atoms. The van der Waals surface area contributed by atoms with Crippen LogP contribution in [-0.2, 0) is 24.4 Å². The standard InChI is InChI=1S/C25H32N4O8S/c1-16(2)14-35-24(31)28-23(29-25(32)36-15-17(3)4)27-22-13-20(11-12-21(22)26-18(5)30)38(33,34)37-19-9-7-6-8-10-19/h6-13,16-17H,14-15H2,1-5H3,(H,26,30)(H2,27,28,29,31,32). The molecule has 0 saturated carbocycles. The number of ether oxygens (including phenoxy) is 2. The van der Waals surface area contributed by atoms with Crippen molar-refractivity contribution in [2.24, 2.45) is 16.8 Å². The van der Waals surface area contributed by atoms with E-state index < -0.39 is 34.2 Å². The maximum Gasteiger partial charge on any atom is 0.413 e. The van der Waals surface area contributed by atoms with Gasteiger partial charge in [-0.3, -0.25) is 15.4 Å². The van der Waals surface area contributed by atoms with Crippen molar-refractivity contribution >= 4 is 45.5 Å². The van der Waals surface area contributed by atoms with Gasteiger partial charge in [-0.25, -0.2) is 14.6 Å². The molecule has 206 valence electrons. The normalized spacial score (nSPS) is 10.9. The number of alkyl carbamates (subject to hydrolysis) is 2. The summed E-state index contributed by atoms with van der Waals surface area (Å²) in [6.45, 7) is 8.80. The summed E-state index contributed by atoms with van der Waals surface area (Å²) in [5, 5.41) is 7.13. The Morgan fingerprint density at radius 2 is 1.42 bits per heavy atom. The number of para-hydroxylation sites is 1. The first kappa shape index (κ1) is 30.1. The highest BCUT2D eigenvalue weighted by Gasteiger charge is 2.20. The summed E-state index contributed by atoms with van der Waals surface area (Å²) in [7, 11) is -4.31. The summed E-state index contributed by atoms with van der Waals surface area (Å²) in [5.41, 5.74) is -0.00962. The number of nitrogens with one attached hydrogen (secondary N) is 3. The molecule has 0 aliphatic carbocycles. The first-order valence-corrected chi connectivity index (χ1v) is 13.1. The molecule has 0 spiro atoms. The molecule has 13 heteroatoms. The molecule has 0 saturated heterocycles. The molecule has 0 heterocycles. The van der Waals surface area contributed by atoms with Gasteiger partial charge in [0.15, 0.2) is 0 Å². The molecule has 2 aromatic rings. The van der Waals surface area contributed by atoms with Gasteiger partial charge in [0.25, 0.3) is 0 Å². The number of anilines is 1. The van der Waals surface area contributed by atoms with E-state index in [1.54, 1.807) is 18.2 Å². The molecule has 3 N–H and O–H groups in total. The van der Waals surface area contributed by atoms with E-state index in [0.717, 1.165) is 6.07 Å². The van der Waals surface area contributed by atoms with E-state index in [-0.39, 0.29) is 47.1 Å². The molecule has 0 aliphatic rings. The van der Waals surface area contributed by atoms with E-state index >= 15 is 0 Å². The predicted molar refractivity (Wildman–Crippen MR) is 141 cm³/mol. The second-order valence-corrected chi connectivity index (χ2v) is 10.5. The van der Waals surface area contributed by atoms with Gasteiger partial charge in [-0.2, -0.15) is 8.42 Å². The van der Waals surface area contributed by atoms with Gasteiger partial charge < -0.3 is 19.0 Å². The number of rotatable bonds is 9. The zero-order valence-corrected chi connectivity index (χ0v) is 22.6. The van der Waals surface area contributed by atoms with Crippen LogP contribution in [0.2, 0.25) is 0 Å². The Bertz CT molecular complexity index is 1230. The van der Waals surface area contributed by atoms with Crippen LogP contribution in [0.4, 0.5) is 21.0 Å². The lowest BCUT2D eigenvalue weighted by atomic mass is 10.2. The molecule has 0 fully saturated rings. The summed E-state index contributed by atoms with van der Waals surface area (Å²) in [5.74, 6) is -0.704. The van der Waals surface area contributed by atoms with E-state index in [1.165, 1.54) is 31.2 Å². The number of amides is 3. The largest absolute Gasteiger partial charge is 0.449 e. The third-order valence-corrected chi connectivity index (χ3v) is 5.53. The SMILES string of the molecule is CC(=O)Nc1ccc(S(=O)(=O)Oc2ccccc2)cc1N=C(NC(=O)OCC(C)C)NC(=O)OCC(C)C. The Morgan fingerprint density at radius 1 is 0.868 bits per heavy atom. The molecule has 0 bridgehead atoms. The Morgan fingerprint density at radius 3 is 1.92 bits per heavy atom. The Balaban J connectivity index is 2.48. The van der Waals surface area contributed by atoms with E-state index in [9.17, 15) is 22.8 Å². The average Bonchev–Trinajstić information content (AvgIpc) is 2.82. The predicted octanol–water partition coefficient (Wildman–Crippen LogP) is 4.16. The van der Waals surface area contributed by atoms with Gasteiger partial charge in [0.1, 0.15) is 10.6 Å². The van der Waals surface area contributed by atoms with Crippen molar-refractivity contribution in [2.45, 2.75) is 39.5 Å². The van der Waals surface area contributed by atoms with Crippen molar-refractivity contribution in [3.8, 4) is 5.75 Å². The highest BCUT2D eigenvalue weighted by molar-refractivity contribution is 7.87. The fourth-order valence-corrected chi connectivity index (χ4v) is 3.61. The third-order valence-electron chi connectivity index (χ3n) is 4.29. The lowest BCUT2D eigenvalue weighted by Gasteiger charge is -2.15. The maximum atomic E-state index is 12.9. The molecule has 0 radical (unpaired) electrons. The first-order chi connectivity index (χ1) is 17.9. The van der Waals surface area contributed by atoms with Gasteiger partial charge in [0.2, 0.25) is 11.9 Å². The van der Waals surface area contributed by atoms with Crippen LogP contribution < -0.4 is 20.1 Å². The van der Waals surface area contributed by atoms with Crippen LogP contribution in [0.3, 0.4) is 0 Å². The van der Waals surface area contributed by atoms with Crippen molar-refractivity contribution < 1.29 is 36.5 Å². The van der Waals surface area contributed by atoms with Crippen LogP contribution in [0.1, 0.15) is 34.6 Å². The molecule has 12 nitrogen and oxygen atoms in total. The molecule has 3 amide bonds. The fourth-order valence-electron chi connectivity index (χ4n) is 2.66. The van der Waals surface area contributed by atoms with Gasteiger partial charge in [0, 0.05) is 6.92 Å². The smallest absolute Gasteiger partial charge is 0.413 e. The third kappa shape index (κ3) is 10.5. The van der Waals surface area contributed by atoms with Crippen LogP contribution >= 0.6 is 0 Å². The second-order valence-electron chi connectivity index (χ2n) is 8.91. The quantitative estimate of drug-likeness (QED) is 0.239. The van der Waals surface area contributed by atoms with Crippen molar-refractivity contribution in [1.82, 2.24) is 10.6 Å². The Kier molecular flexibility index (Phi) is 11.1. The van der Waals surface area contributed by atoms with E-state index in [0.29, 0.717) is 0 Å². The zero-order valence-electron chi connectivity index (χ0n) is 21.8. The molecule has 0 unspecified atom stereocenters. The maximum absolute atomic E-state index is 12.9. The van der Waals surface area contributed by atoms with Gasteiger partial charge in [-0.15, -0.1) is 0 Å². The summed E-state index contributed by atoms with van der Waals surface area (Å²) in [6, 6.07) is 11.5. The lowest BCUT2D eigenvalue weighted by molar-refractivity contribution is -0.114. The van der Waals surface area contributed by atoms with Gasteiger partial charge in [-0.1, -0.05) is 45.9 Å².